The quantitative estimate of drug-likeness (QED) is 0.482. The molecule has 1 aliphatic rings. The lowest BCUT2D eigenvalue weighted by atomic mass is 10.2. The van der Waals surface area contributed by atoms with E-state index in [4.69, 9.17) is 14.2 Å². The second-order valence-corrected chi connectivity index (χ2v) is 2.77. The highest BCUT2D eigenvalue weighted by molar-refractivity contribution is 5.81. The minimum atomic E-state index is -0.426. The predicted molar refractivity (Wildman–Crippen MR) is 46.1 cm³/mol. The molecule has 4 heteroatoms. The molecule has 0 saturated carbocycles. The molecule has 0 unspecified atom stereocenters. The van der Waals surface area contributed by atoms with Crippen molar-refractivity contribution in [1.82, 2.24) is 0 Å². The number of hydrogen-bond donors (Lipinski definition) is 0. The van der Waals surface area contributed by atoms with Gasteiger partial charge in [-0.25, -0.2) is 4.79 Å². The van der Waals surface area contributed by atoms with Crippen LogP contribution >= 0.6 is 0 Å². The summed E-state index contributed by atoms with van der Waals surface area (Å²) >= 11 is 0. The third kappa shape index (κ3) is 2.82. The van der Waals surface area contributed by atoms with Crippen LogP contribution < -0.4 is 0 Å². The van der Waals surface area contributed by atoms with Crippen LogP contribution in [0.1, 0.15) is 13.3 Å². The van der Waals surface area contributed by atoms with Crippen LogP contribution in [-0.2, 0) is 19.0 Å². The zero-order chi connectivity index (χ0) is 9.68. The largest absolute Gasteiger partial charge is 0.460 e. The maximum Gasteiger partial charge on any atom is 0.330 e. The fourth-order valence-corrected chi connectivity index (χ4v) is 1.19. The number of esters is 1. The molecule has 1 aliphatic heterocycles. The van der Waals surface area contributed by atoms with Gasteiger partial charge in [-0.3, -0.25) is 0 Å². The van der Waals surface area contributed by atoms with Crippen LogP contribution in [0.5, 0.6) is 0 Å². The van der Waals surface area contributed by atoms with Gasteiger partial charge in [0.25, 0.3) is 0 Å². The Balaban J connectivity index is 2.27. The Morgan fingerprint density at radius 3 is 2.92 bits per heavy atom. The number of carbonyl (C=O) groups is 1. The van der Waals surface area contributed by atoms with E-state index in [9.17, 15) is 4.79 Å². The Labute approximate surface area is 77.5 Å². The van der Waals surface area contributed by atoms with Crippen molar-refractivity contribution in [2.75, 3.05) is 13.4 Å². The molecule has 74 valence electrons. The second-order valence-electron chi connectivity index (χ2n) is 2.77. The molecule has 0 radical (unpaired) electrons. The van der Waals surface area contributed by atoms with Crippen LogP contribution in [0.25, 0.3) is 0 Å². The van der Waals surface area contributed by atoms with E-state index in [1.165, 1.54) is 0 Å². The van der Waals surface area contributed by atoms with Gasteiger partial charge in [0.15, 0.2) is 0 Å². The van der Waals surface area contributed by atoms with Gasteiger partial charge in [0.1, 0.15) is 19.5 Å². The fourth-order valence-electron chi connectivity index (χ4n) is 1.19. The van der Waals surface area contributed by atoms with Gasteiger partial charge in [0.2, 0.25) is 0 Å². The first kappa shape index (κ1) is 10.2. The van der Waals surface area contributed by atoms with Crippen LogP contribution in [0.15, 0.2) is 12.7 Å². The van der Waals surface area contributed by atoms with E-state index >= 15 is 0 Å². The number of ether oxygens (including phenoxy) is 3. The van der Waals surface area contributed by atoms with Crippen molar-refractivity contribution in [3.63, 3.8) is 0 Å². The summed E-state index contributed by atoms with van der Waals surface area (Å²) in [4.78, 5) is 10.7. The molecule has 0 aromatic carbocycles. The summed E-state index contributed by atoms with van der Waals surface area (Å²) in [6, 6.07) is 0. The van der Waals surface area contributed by atoms with Gasteiger partial charge in [-0.05, 0) is 6.42 Å². The summed E-state index contributed by atoms with van der Waals surface area (Å²) in [6.45, 7) is 5.83. The van der Waals surface area contributed by atoms with Crippen molar-refractivity contribution in [3.8, 4) is 0 Å². The van der Waals surface area contributed by atoms with Crippen molar-refractivity contribution in [1.29, 1.82) is 0 Å². The van der Waals surface area contributed by atoms with Gasteiger partial charge in [-0.15, -0.1) is 0 Å². The lowest BCUT2D eigenvalue weighted by molar-refractivity contribution is -0.141. The molecule has 1 saturated heterocycles. The van der Waals surface area contributed by atoms with Crippen LogP contribution in [-0.4, -0.2) is 31.6 Å². The fraction of sp³-hybridized carbons (Fsp3) is 0.667. The summed E-state index contributed by atoms with van der Waals surface area (Å²) in [7, 11) is 0. The SMILES string of the molecule is C=CC(=O)OC[C@H]1OCO[C@@H]1CC. The Morgan fingerprint density at radius 1 is 1.62 bits per heavy atom. The molecule has 0 N–H and O–H groups in total. The first-order valence-electron chi connectivity index (χ1n) is 4.30. The van der Waals surface area contributed by atoms with E-state index in [1.807, 2.05) is 6.92 Å². The highest BCUT2D eigenvalue weighted by Crippen LogP contribution is 2.15. The molecule has 4 nitrogen and oxygen atoms in total. The molecule has 0 bridgehead atoms. The maximum atomic E-state index is 10.7. The predicted octanol–water partition coefficient (Wildman–Crippen LogP) is 0.867. The highest BCUT2D eigenvalue weighted by Gasteiger charge is 2.28. The number of hydrogen-bond acceptors (Lipinski definition) is 4. The smallest absolute Gasteiger partial charge is 0.330 e. The van der Waals surface area contributed by atoms with Crippen molar-refractivity contribution >= 4 is 5.97 Å². The monoisotopic (exact) mass is 186 g/mol. The first-order chi connectivity index (χ1) is 6.27. The van der Waals surface area contributed by atoms with E-state index in [0.29, 0.717) is 0 Å². The average molecular weight is 186 g/mol. The molecule has 1 fully saturated rings. The summed E-state index contributed by atoms with van der Waals surface area (Å²) in [5.41, 5.74) is 0. The average Bonchev–Trinajstić information content (AvgIpc) is 2.61. The summed E-state index contributed by atoms with van der Waals surface area (Å²) in [5, 5.41) is 0. The van der Waals surface area contributed by atoms with Gasteiger partial charge < -0.3 is 14.2 Å². The third-order valence-corrected chi connectivity index (χ3v) is 1.94. The lowest BCUT2D eigenvalue weighted by Crippen LogP contribution is -2.28. The van der Waals surface area contributed by atoms with Gasteiger partial charge in [-0.1, -0.05) is 13.5 Å². The van der Waals surface area contributed by atoms with Gasteiger partial charge in [0.05, 0.1) is 6.10 Å². The molecule has 0 aliphatic carbocycles. The van der Waals surface area contributed by atoms with Gasteiger partial charge >= 0.3 is 5.97 Å². The Bertz CT molecular complexity index is 190. The zero-order valence-corrected chi connectivity index (χ0v) is 7.69. The molecular weight excluding hydrogens is 172 g/mol. The Morgan fingerprint density at radius 2 is 2.31 bits per heavy atom. The van der Waals surface area contributed by atoms with Gasteiger partial charge in [0, 0.05) is 6.08 Å². The number of rotatable bonds is 4. The minimum Gasteiger partial charge on any atom is -0.460 e. The highest BCUT2D eigenvalue weighted by atomic mass is 16.7. The second kappa shape index (κ2) is 4.99. The molecule has 0 spiro atoms. The zero-order valence-electron chi connectivity index (χ0n) is 7.69. The van der Waals surface area contributed by atoms with Crippen molar-refractivity contribution in [2.45, 2.75) is 25.6 Å². The first-order valence-corrected chi connectivity index (χ1v) is 4.30. The number of carbonyl (C=O) groups excluding carboxylic acids is 1. The van der Waals surface area contributed by atoms with E-state index < -0.39 is 5.97 Å². The van der Waals surface area contributed by atoms with E-state index in [2.05, 4.69) is 6.58 Å². The Hall–Kier alpha value is -0.870. The molecule has 0 aromatic heterocycles. The molecule has 0 aromatic rings. The molecule has 2 atom stereocenters. The van der Waals surface area contributed by atoms with E-state index in [0.717, 1.165) is 12.5 Å². The minimum absolute atomic E-state index is 0.0395. The summed E-state index contributed by atoms with van der Waals surface area (Å²) < 4.78 is 15.3. The standard InChI is InChI=1S/C9H14O4/c1-3-7-8(13-6-12-7)5-11-9(10)4-2/h4,7-8H,2-3,5-6H2,1H3/t7-,8-/m1/s1. The normalized spacial score (nSPS) is 27.2. The van der Waals surface area contributed by atoms with Crippen molar-refractivity contribution < 1.29 is 19.0 Å². The van der Waals surface area contributed by atoms with Crippen LogP contribution in [0.4, 0.5) is 0 Å². The molecule has 0 amide bonds. The Kier molecular flexibility index (Phi) is 3.92. The molecule has 1 heterocycles. The van der Waals surface area contributed by atoms with Gasteiger partial charge in [-0.2, -0.15) is 0 Å². The van der Waals surface area contributed by atoms with E-state index in [1.54, 1.807) is 0 Å². The van der Waals surface area contributed by atoms with Crippen molar-refractivity contribution in [3.05, 3.63) is 12.7 Å². The van der Waals surface area contributed by atoms with Crippen LogP contribution in [0.3, 0.4) is 0 Å². The van der Waals surface area contributed by atoms with Crippen LogP contribution in [0, 0.1) is 0 Å². The third-order valence-electron chi connectivity index (χ3n) is 1.94. The summed E-state index contributed by atoms with van der Waals surface area (Å²) in [5.74, 6) is -0.426. The molecule has 13 heavy (non-hydrogen) atoms. The lowest BCUT2D eigenvalue weighted by Gasteiger charge is -2.14. The molecular formula is C9H14O4. The maximum absolute atomic E-state index is 10.7. The van der Waals surface area contributed by atoms with Crippen LogP contribution in [0.2, 0.25) is 0 Å². The van der Waals surface area contributed by atoms with Crippen molar-refractivity contribution in [2.24, 2.45) is 0 Å². The topological polar surface area (TPSA) is 44.8 Å². The summed E-state index contributed by atoms with van der Waals surface area (Å²) in [6.07, 6.45) is 1.90. The molecule has 1 rings (SSSR count). The van der Waals surface area contributed by atoms with E-state index in [-0.39, 0.29) is 25.6 Å².